The SMILES string of the molecule is C=C(/C=C\c1nc(C)n(CC(F)F)c1C)c1ccn2nc(N)nc(NC)c12. The number of anilines is 2. The molecule has 0 aliphatic rings. The van der Waals surface area contributed by atoms with Crippen molar-refractivity contribution in [1.82, 2.24) is 24.1 Å². The Morgan fingerprint density at radius 1 is 1.37 bits per heavy atom. The summed E-state index contributed by atoms with van der Waals surface area (Å²) in [6, 6.07) is 1.87. The Balaban J connectivity index is 1.94. The third-order valence-corrected chi connectivity index (χ3v) is 4.32. The number of nitrogens with two attached hydrogens (primary N) is 1. The van der Waals surface area contributed by atoms with Crippen molar-refractivity contribution < 1.29 is 8.78 Å². The Bertz CT molecular complexity index is 1030. The normalized spacial score (nSPS) is 11.8. The van der Waals surface area contributed by atoms with Crippen LogP contribution in [0.3, 0.4) is 0 Å². The molecule has 0 spiro atoms. The number of aryl methyl sites for hydroxylation is 1. The molecule has 3 aromatic heterocycles. The molecule has 0 fully saturated rings. The third kappa shape index (κ3) is 3.53. The maximum atomic E-state index is 12.7. The first kappa shape index (κ1) is 18.6. The Morgan fingerprint density at radius 2 is 2.11 bits per heavy atom. The van der Waals surface area contributed by atoms with Gasteiger partial charge in [0.2, 0.25) is 5.95 Å². The first-order valence-electron chi connectivity index (χ1n) is 8.33. The Hall–Kier alpha value is -3.23. The van der Waals surface area contributed by atoms with Gasteiger partial charge < -0.3 is 15.6 Å². The Kier molecular flexibility index (Phi) is 4.93. The van der Waals surface area contributed by atoms with E-state index in [1.165, 1.54) is 4.57 Å². The van der Waals surface area contributed by atoms with E-state index in [1.807, 2.05) is 6.07 Å². The minimum Gasteiger partial charge on any atom is -0.371 e. The molecule has 0 aliphatic carbocycles. The van der Waals surface area contributed by atoms with E-state index in [0.29, 0.717) is 28.6 Å². The molecule has 142 valence electrons. The fourth-order valence-corrected chi connectivity index (χ4v) is 3.01. The van der Waals surface area contributed by atoms with E-state index in [9.17, 15) is 8.78 Å². The summed E-state index contributed by atoms with van der Waals surface area (Å²) >= 11 is 0. The molecule has 3 heterocycles. The first-order chi connectivity index (χ1) is 12.8. The zero-order valence-corrected chi connectivity index (χ0v) is 15.4. The number of fused-ring (bicyclic) bond motifs is 1. The third-order valence-electron chi connectivity index (χ3n) is 4.32. The van der Waals surface area contributed by atoms with Crippen LogP contribution in [0.25, 0.3) is 17.2 Å². The van der Waals surface area contributed by atoms with E-state index in [4.69, 9.17) is 5.73 Å². The van der Waals surface area contributed by atoms with Crippen LogP contribution in [0.4, 0.5) is 20.5 Å². The van der Waals surface area contributed by atoms with E-state index in [0.717, 1.165) is 11.1 Å². The number of nitrogens with zero attached hydrogens (tertiary/aromatic N) is 5. The molecule has 0 aliphatic heterocycles. The second-order valence-electron chi connectivity index (χ2n) is 6.08. The van der Waals surface area contributed by atoms with Gasteiger partial charge in [-0.3, -0.25) is 0 Å². The van der Waals surface area contributed by atoms with Gasteiger partial charge in [0.05, 0.1) is 12.2 Å². The molecular weight excluding hydrogens is 352 g/mol. The van der Waals surface area contributed by atoms with Crippen molar-refractivity contribution in [3.8, 4) is 0 Å². The number of hydrogen-bond donors (Lipinski definition) is 2. The number of rotatable bonds is 6. The molecule has 3 aromatic rings. The molecular formula is C18H21F2N7. The van der Waals surface area contributed by atoms with E-state index in [2.05, 4.69) is 27.0 Å². The van der Waals surface area contributed by atoms with Gasteiger partial charge in [-0.25, -0.2) is 18.3 Å². The van der Waals surface area contributed by atoms with Crippen LogP contribution < -0.4 is 11.1 Å². The molecule has 27 heavy (non-hydrogen) atoms. The van der Waals surface area contributed by atoms with Gasteiger partial charge in [-0.05, 0) is 31.6 Å². The van der Waals surface area contributed by atoms with Gasteiger partial charge in [-0.2, -0.15) is 4.98 Å². The first-order valence-corrected chi connectivity index (χ1v) is 8.33. The van der Waals surface area contributed by atoms with Gasteiger partial charge in [0.1, 0.15) is 11.3 Å². The van der Waals surface area contributed by atoms with Crippen LogP contribution in [-0.2, 0) is 6.54 Å². The molecule has 7 nitrogen and oxygen atoms in total. The molecule has 0 bridgehead atoms. The van der Waals surface area contributed by atoms with E-state index >= 15 is 0 Å². The number of hydrogen-bond acceptors (Lipinski definition) is 5. The summed E-state index contributed by atoms with van der Waals surface area (Å²) in [5.74, 6) is 1.30. The van der Waals surface area contributed by atoms with Crippen LogP contribution in [-0.4, -0.2) is 37.6 Å². The number of aromatic nitrogens is 5. The Morgan fingerprint density at radius 3 is 2.78 bits per heavy atom. The fourth-order valence-electron chi connectivity index (χ4n) is 3.01. The van der Waals surface area contributed by atoms with Crippen LogP contribution in [0, 0.1) is 13.8 Å². The van der Waals surface area contributed by atoms with E-state index in [-0.39, 0.29) is 12.5 Å². The summed E-state index contributed by atoms with van der Waals surface area (Å²) in [6.45, 7) is 7.22. The van der Waals surface area contributed by atoms with Crippen molar-refractivity contribution in [3.63, 3.8) is 0 Å². The molecule has 0 atom stereocenters. The predicted octanol–water partition coefficient (Wildman–Crippen LogP) is 3.16. The highest BCUT2D eigenvalue weighted by molar-refractivity contribution is 5.90. The average Bonchev–Trinajstić information content (AvgIpc) is 3.15. The minimum atomic E-state index is -2.43. The molecule has 0 radical (unpaired) electrons. The largest absolute Gasteiger partial charge is 0.371 e. The van der Waals surface area contributed by atoms with Crippen molar-refractivity contribution in [2.24, 2.45) is 0 Å². The van der Waals surface area contributed by atoms with Crippen LogP contribution in [0.15, 0.2) is 24.9 Å². The van der Waals surface area contributed by atoms with Gasteiger partial charge in [0, 0.05) is 24.5 Å². The minimum absolute atomic E-state index is 0.158. The lowest BCUT2D eigenvalue weighted by Gasteiger charge is -2.07. The zero-order valence-electron chi connectivity index (χ0n) is 15.4. The number of alkyl halides is 2. The van der Waals surface area contributed by atoms with E-state index in [1.54, 1.807) is 43.8 Å². The number of imidazole rings is 1. The second-order valence-corrected chi connectivity index (χ2v) is 6.08. The van der Waals surface area contributed by atoms with Gasteiger partial charge >= 0.3 is 0 Å². The molecule has 0 amide bonds. The summed E-state index contributed by atoms with van der Waals surface area (Å²) in [5, 5.41) is 7.15. The summed E-state index contributed by atoms with van der Waals surface area (Å²) < 4.78 is 28.6. The van der Waals surface area contributed by atoms with E-state index < -0.39 is 6.43 Å². The smallest absolute Gasteiger partial charge is 0.256 e. The second kappa shape index (κ2) is 7.18. The maximum Gasteiger partial charge on any atom is 0.256 e. The highest BCUT2D eigenvalue weighted by Crippen LogP contribution is 2.27. The van der Waals surface area contributed by atoms with Gasteiger partial charge in [-0.15, -0.1) is 5.10 Å². The molecule has 9 heteroatoms. The van der Waals surface area contributed by atoms with Crippen molar-refractivity contribution >= 4 is 28.9 Å². The monoisotopic (exact) mass is 373 g/mol. The Labute approximate surface area is 155 Å². The summed E-state index contributed by atoms with van der Waals surface area (Å²) in [5.41, 5.74) is 9.31. The van der Waals surface area contributed by atoms with Gasteiger partial charge in [0.15, 0.2) is 5.82 Å². The molecule has 0 unspecified atom stereocenters. The summed E-state index contributed by atoms with van der Waals surface area (Å²) in [6.07, 6.45) is 2.92. The van der Waals surface area contributed by atoms with Crippen LogP contribution in [0.2, 0.25) is 0 Å². The standard InChI is InChI=1S/C18H21F2N7/c1-10(5-6-14-11(2)26(9-15(19)20)12(3)23-14)13-7-8-27-16(13)17(22-4)24-18(21)25-27/h5-8,15H,1,9H2,2-4H3,(H3,21,22,24,25)/b6-5-. The summed E-state index contributed by atoms with van der Waals surface area (Å²) in [4.78, 5) is 8.56. The zero-order chi connectivity index (χ0) is 19.7. The molecule has 3 rings (SSSR count). The number of allylic oxidation sites excluding steroid dienone is 2. The van der Waals surface area contributed by atoms with Crippen molar-refractivity contribution in [3.05, 3.63) is 47.7 Å². The lowest BCUT2D eigenvalue weighted by Crippen LogP contribution is -2.09. The molecule has 0 aromatic carbocycles. The highest BCUT2D eigenvalue weighted by Gasteiger charge is 2.14. The predicted molar refractivity (Wildman–Crippen MR) is 103 cm³/mol. The van der Waals surface area contributed by atoms with Crippen molar-refractivity contribution in [2.45, 2.75) is 26.8 Å². The van der Waals surface area contributed by atoms with Crippen LogP contribution in [0.1, 0.15) is 22.8 Å². The van der Waals surface area contributed by atoms with Gasteiger partial charge in [-0.1, -0.05) is 12.7 Å². The lowest BCUT2D eigenvalue weighted by atomic mass is 10.1. The van der Waals surface area contributed by atoms with Crippen molar-refractivity contribution in [1.29, 1.82) is 0 Å². The maximum absolute atomic E-state index is 12.7. The van der Waals surface area contributed by atoms with Crippen LogP contribution in [0.5, 0.6) is 0 Å². The quantitative estimate of drug-likeness (QED) is 0.648. The number of halogens is 2. The fraction of sp³-hybridized carbons (Fsp3) is 0.278. The highest BCUT2D eigenvalue weighted by atomic mass is 19.3. The number of nitrogen functional groups attached to an aromatic ring is 1. The average molecular weight is 373 g/mol. The molecule has 3 N–H and O–H groups in total. The van der Waals surface area contributed by atoms with Gasteiger partial charge in [0.25, 0.3) is 6.43 Å². The summed E-state index contributed by atoms with van der Waals surface area (Å²) in [7, 11) is 1.75. The lowest BCUT2D eigenvalue weighted by molar-refractivity contribution is 0.125. The topological polar surface area (TPSA) is 86.1 Å². The van der Waals surface area contributed by atoms with Crippen LogP contribution >= 0.6 is 0 Å². The molecule has 0 saturated carbocycles. The molecule has 0 saturated heterocycles. The number of nitrogens with one attached hydrogen (secondary N) is 1. The van der Waals surface area contributed by atoms with Crippen molar-refractivity contribution in [2.75, 3.05) is 18.1 Å².